The molecule has 1 aromatic carbocycles. The molecule has 0 saturated heterocycles. The molecule has 2 heterocycles. The molecule has 0 saturated carbocycles. The van der Waals surface area contributed by atoms with Crippen LogP contribution in [0.25, 0.3) is 5.65 Å². The Labute approximate surface area is 133 Å². The third-order valence-electron chi connectivity index (χ3n) is 2.95. The maximum absolute atomic E-state index is 13.4. The molecule has 0 amide bonds. The second-order valence-corrected chi connectivity index (χ2v) is 4.93. The summed E-state index contributed by atoms with van der Waals surface area (Å²) in [4.78, 5) is 15.1. The largest absolute Gasteiger partial charge is 0.506 e. The zero-order valence-corrected chi connectivity index (χ0v) is 12.1. The molecular weight excluding hydrogens is 327 g/mol. The van der Waals surface area contributed by atoms with Crippen LogP contribution in [0.2, 0.25) is 5.02 Å². The van der Waals surface area contributed by atoms with Crippen LogP contribution in [0.15, 0.2) is 46.8 Å². The van der Waals surface area contributed by atoms with E-state index in [0.717, 1.165) is 16.7 Å². The van der Waals surface area contributed by atoms with Crippen molar-refractivity contribution in [2.45, 2.75) is 0 Å². The van der Waals surface area contributed by atoms with Crippen LogP contribution in [0.4, 0.5) is 15.9 Å². The van der Waals surface area contributed by atoms with E-state index in [1.807, 2.05) is 0 Å². The number of aromatic nitrogens is 2. The first-order chi connectivity index (χ1) is 11.0. The number of phenols is 1. The standard InChI is InChI=1S/C14H8ClFN4O3/c15-7-1-3-10(21)9(5-7)18-19-13-12(14(22)23)17-11-4-2-8(16)6-20(11)13/h1-6,21H,(H,22,23). The van der Waals surface area contributed by atoms with Gasteiger partial charge in [0.2, 0.25) is 0 Å². The maximum Gasteiger partial charge on any atom is 0.358 e. The van der Waals surface area contributed by atoms with Gasteiger partial charge in [-0.25, -0.2) is 14.2 Å². The highest BCUT2D eigenvalue weighted by molar-refractivity contribution is 6.30. The summed E-state index contributed by atoms with van der Waals surface area (Å²) in [7, 11) is 0. The Kier molecular flexibility index (Phi) is 3.67. The van der Waals surface area contributed by atoms with E-state index in [1.54, 1.807) is 0 Å². The zero-order valence-electron chi connectivity index (χ0n) is 11.3. The molecule has 116 valence electrons. The minimum absolute atomic E-state index is 0.0418. The maximum atomic E-state index is 13.4. The minimum atomic E-state index is -1.33. The lowest BCUT2D eigenvalue weighted by Crippen LogP contribution is -1.96. The highest BCUT2D eigenvalue weighted by Gasteiger charge is 2.18. The number of azo groups is 1. The molecule has 0 aliphatic carbocycles. The summed E-state index contributed by atoms with van der Waals surface area (Å²) in [5.41, 5.74) is -0.144. The second kappa shape index (κ2) is 5.65. The molecule has 2 aromatic heterocycles. The fourth-order valence-corrected chi connectivity index (χ4v) is 2.09. The number of fused-ring (bicyclic) bond motifs is 1. The Morgan fingerprint density at radius 2 is 2.04 bits per heavy atom. The molecule has 0 spiro atoms. The molecular formula is C14H8ClFN4O3. The highest BCUT2D eigenvalue weighted by atomic mass is 35.5. The van der Waals surface area contributed by atoms with Crippen molar-refractivity contribution in [1.82, 2.24) is 9.38 Å². The monoisotopic (exact) mass is 334 g/mol. The summed E-state index contributed by atoms with van der Waals surface area (Å²) in [5, 5.41) is 26.8. The summed E-state index contributed by atoms with van der Waals surface area (Å²) in [6.07, 6.45) is 1.04. The van der Waals surface area contributed by atoms with Gasteiger partial charge in [0.05, 0.1) is 0 Å². The van der Waals surface area contributed by atoms with Crippen molar-refractivity contribution in [3.05, 3.63) is 53.1 Å². The normalized spacial score (nSPS) is 11.4. The van der Waals surface area contributed by atoms with Gasteiger partial charge in [-0.2, -0.15) is 0 Å². The third kappa shape index (κ3) is 2.84. The van der Waals surface area contributed by atoms with E-state index >= 15 is 0 Å². The van der Waals surface area contributed by atoms with E-state index in [9.17, 15) is 19.4 Å². The van der Waals surface area contributed by atoms with Gasteiger partial charge in [-0.05, 0) is 30.3 Å². The Hall–Kier alpha value is -3.00. The van der Waals surface area contributed by atoms with Crippen LogP contribution < -0.4 is 0 Å². The molecule has 3 aromatic rings. The third-order valence-corrected chi connectivity index (χ3v) is 3.18. The van der Waals surface area contributed by atoms with Crippen molar-refractivity contribution in [1.29, 1.82) is 0 Å². The number of carboxylic acid groups (broad SMARTS) is 1. The van der Waals surface area contributed by atoms with Crippen LogP contribution in [0.5, 0.6) is 5.75 Å². The van der Waals surface area contributed by atoms with Gasteiger partial charge in [0.1, 0.15) is 22.9 Å². The first kappa shape index (κ1) is 14.9. The van der Waals surface area contributed by atoms with Crippen molar-refractivity contribution >= 4 is 34.7 Å². The van der Waals surface area contributed by atoms with Crippen molar-refractivity contribution in [3.63, 3.8) is 0 Å². The molecule has 7 nitrogen and oxygen atoms in total. The molecule has 23 heavy (non-hydrogen) atoms. The number of benzene rings is 1. The Morgan fingerprint density at radius 3 is 2.78 bits per heavy atom. The lowest BCUT2D eigenvalue weighted by molar-refractivity contribution is 0.0692. The Balaban J connectivity index is 2.16. The molecule has 0 radical (unpaired) electrons. The molecule has 0 aliphatic heterocycles. The van der Waals surface area contributed by atoms with Gasteiger partial charge in [-0.1, -0.05) is 11.6 Å². The van der Waals surface area contributed by atoms with Crippen molar-refractivity contribution < 1.29 is 19.4 Å². The molecule has 0 atom stereocenters. The fraction of sp³-hybridized carbons (Fsp3) is 0. The van der Waals surface area contributed by atoms with Crippen LogP contribution in [-0.4, -0.2) is 25.6 Å². The van der Waals surface area contributed by atoms with E-state index in [0.29, 0.717) is 5.02 Å². The van der Waals surface area contributed by atoms with Gasteiger partial charge in [0.15, 0.2) is 11.5 Å². The molecule has 9 heteroatoms. The number of carboxylic acids is 1. The fourth-order valence-electron chi connectivity index (χ4n) is 1.92. The average Bonchev–Trinajstić information content (AvgIpc) is 2.86. The minimum Gasteiger partial charge on any atom is -0.506 e. The van der Waals surface area contributed by atoms with E-state index in [1.165, 1.54) is 24.3 Å². The van der Waals surface area contributed by atoms with E-state index in [-0.39, 0.29) is 28.6 Å². The number of hydrogen-bond donors (Lipinski definition) is 2. The number of halogens is 2. The lowest BCUT2D eigenvalue weighted by Gasteiger charge is -1.99. The van der Waals surface area contributed by atoms with Gasteiger partial charge in [-0.15, -0.1) is 10.2 Å². The number of carbonyl (C=O) groups is 1. The number of pyridine rings is 1. The van der Waals surface area contributed by atoms with Crippen molar-refractivity contribution in [3.8, 4) is 5.75 Å². The number of aromatic carboxylic acids is 1. The zero-order chi connectivity index (χ0) is 16.6. The van der Waals surface area contributed by atoms with E-state index < -0.39 is 11.8 Å². The summed E-state index contributed by atoms with van der Waals surface area (Å²) in [6, 6.07) is 6.60. The van der Waals surface area contributed by atoms with Crippen LogP contribution in [0.1, 0.15) is 10.5 Å². The summed E-state index contributed by atoms with van der Waals surface area (Å²) < 4.78 is 14.5. The van der Waals surface area contributed by atoms with Gasteiger partial charge in [-0.3, -0.25) is 4.40 Å². The number of aromatic hydroxyl groups is 1. The average molecular weight is 335 g/mol. The van der Waals surface area contributed by atoms with Gasteiger partial charge >= 0.3 is 5.97 Å². The topological polar surface area (TPSA) is 99.5 Å². The number of nitrogens with zero attached hydrogens (tertiary/aromatic N) is 4. The summed E-state index contributed by atoms with van der Waals surface area (Å²) in [6.45, 7) is 0. The smallest absolute Gasteiger partial charge is 0.358 e. The predicted molar refractivity (Wildman–Crippen MR) is 79.4 cm³/mol. The van der Waals surface area contributed by atoms with Crippen molar-refractivity contribution in [2.75, 3.05) is 0 Å². The lowest BCUT2D eigenvalue weighted by atomic mass is 10.3. The van der Waals surface area contributed by atoms with E-state index in [2.05, 4.69) is 15.2 Å². The van der Waals surface area contributed by atoms with Crippen LogP contribution in [0, 0.1) is 5.82 Å². The Bertz CT molecular complexity index is 955. The van der Waals surface area contributed by atoms with Crippen LogP contribution in [-0.2, 0) is 0 Å². The summed E-state index contributed by atoms with van der Waals surface area (Å²) in [5.74, 6) is -2.28. The SMILES string of the molecule is O=C(O)c1nc2ccc(F)cn2c1N=Nc1cc(Cl)ccc1O. The van der Waals surface area contributed by atoms with Gasteiger partial charge < -0.3 is 10.2 Å². The highest BCUT2D eigenvalue weighted by Crippen LogP contribution is 2.31. The quantitative estimate of drug-likeness (QED) is 0.708. The second-order valence-electron chi connectivity index (χ2n) is 4.50. The number of phenolic OH excluding ortho intramolecular Hbond substituents is 1. The number of imidazole rings is 1. The molecule has 0 bridgehead atoms. The van der Waals surface area contributed by atoms with Crippen LogP contribution in [0.3, 0.4) is 0 Å². The first-order valence-corrected chi connectivity index (χ1v) is 6.64. The number of rotatable bonds is 3. The Morgan fingerprint density at radius 1 is 1.26 bits per heavy atom. The summed E-state index contributed by atoms with van der Waals surface area (Å²) >= 11 is 5.80. The molecule has 0 unspecified atom stereocenters. The number of hydrogen-bond acceptors (Lipinski definition) is 5. The van der Waals surface area contributed by atoms with E-state index in [4.69, 9.17) is 11.6 Å². The first-order valence-electron chi connectivity index (χ1n) is 6.27. The molecule has 0 fully saturated rings. The van der Waals surface area contributed by atoms with Gasteiger partial charge in [0, 0.05) is 11.2 Å². The van der Waals surface area contributed by atoms with Crippen LogP contribution >= 0.6 is 11.6 Å². The van der Waals surface area contributed by atoms with Crippen molar-refractivity contribution in [2.24, 2.45) is 10.2 Å². The predicted octanol–water partition coefficient (Wildman–Crippen LogP) is 3.95. The molecule has 0 aliphatic rings. The molecule has 2 N–H and O–H groups in total. The molecule has 3 rings (SSSR count). The van der Waals surface area contributed by atoms with Gasteiger partial charge in [0.25, 0.3) is 0 Å².